The Morgan fingerprint density at radius 1 is 0.446 bits per heavy atom. The molecule has 0 atom stereocenters. The predicted molar refractivity (Wildman–Crippen MR) is 234 cm³/mol. The van der Waals surface area contributed by atoms with Gasteiger partial charge in [0.05, 0.1) is 6.85 Å². The molecule has 0 amide bonds. The third-order valence-electron chi connectivity index (χ3n) is 12.4. The molecule has 8 aromatic carbocycles. The van der Waals surface area contributed by atoms with E-state index in [4.69, 9.17) is 8.53 Å². The van der Waals surface area contributed by atoms with Crippen molar-refractivity contribution in [3.63, 3.8) is 0 Å². The first-order valence-electron chi connectivity index (χ1n) is 21.8. The van der Waals surface area contributed by atoms with E-state index in [2.05, 4.69) is 148 Å². The van der Waals surface area contributed by atoms with Gasteiger partial charge >= 0.3 is 0 Å². The molecule has 268 valence electrons. The summed E-state index contributed by atoms with van der Waals surface area (Å²) in [7, 11) is 0. The van der Waals surface area contributed by atoms with Gasteiger partial charge in [-0.3, -0.25) is 0 Å². The van der Waals surface area contributed by atoms with Crippen LogP contribution in [0.5, 0.6) is 0 Å². The zero-order chi connectivity index (χ0) is 42.1. The highest BCUT2D eigenvalue weighted by molar-refractivity contribution is 6.17. The summed E-state index contributed by atoms with van der Waals surface area (Å²) in [5.74, 6) is 0. The van der Waals surface area contributed by atoms with Crippen molar-refractivity contribution in [1.29, 1.82) is 0 Å². The van der Waals surface area contributed by atoms with E-state index < -0.39 is 11.5 Å². The van der Waals surface area contributed by atoms with Crippen LogP contribution in [0.1, 0.15) is 56.8 Å². The molecule has 2 aliphatic carbocycles. The van der Waals surface area contributed by atoms with Gasteiger partial charge in [0.25, 0.3) is 0 Å². The number of rotatable bonds is 5. The maximum Gasteiger partial charge on any atom is 0.136 e. The van der Waals surface area contributed by atoms with E-state index in [0.29, 0.717) is 16.7 Å². The van der Waals surface area contributed by atoms with E-state index in [0.717, 1.165) is 61.2 Å². The lowest BCUT2D eigenvalue weighted by atomic mass is 9.81. The number of anilines is 3. The van der Waals surface area contributed by atoms with Crippen LogP contribution in [0.25, 0.3) is 66.4 Å². The predicted octanol–water partition coefficient (Wildman–Crippen LogP) is 15.0. The summed E-state index contributed by atoms with van der Waals surface area (Å²) in [4.78, 5) is 2.34. The molecule has 0 spiro atoms. The summed E-state index contributed by atoms with van der Waals surface area (Å²) in [6.45, 7) is 9.02. The lowest BCUT2D eigenvalue weighted by Gasteiger charge is -2.30. The molecule has 56 heavy (non-hydrogen) atoms. The number of para-hydroxylation sites is 1. The number of hydrogen-bond acceptors (Lipinski definition) is 2. The normalized spacial score (nSPS) is 15.6. The van der Waals surface area contributed by atoms with Crippen LogP contribution in [0.4, 0.5) is 17.1 Å². The molecule has 2 heteroatoms. The van der Waals surface area contributed by atoms with Crippen LogP contribution in [0.3, 0.4) is 0 Å². The average Bonchev–Trinajstić information content (AvgIpc) is 3.85. The largest absolute Gasteiger partial charge is 0.456 e. The van der Waals surface area contributed by atoms with Gasteiger partial charge in [-0.15, -0.1) is 0 Å². The maximum atomic E-state index is 9.22. The molecule has 1 heterocycles. The van der Waals surface area contributed by atoms with Crippen molar-refractivity contribution in [2.75, 3.05) is 4.90 Å². The minimum absolute atomic E-state index is 0.175. The van der Waals surface area contributed by atoms with E-state index in [1.807, 2.05) is 30.3 Å². The van der Waals surface area contributed by atoms with Gasteiger partial charge in [0.1, 0.15) is 11.2 Å². The Kier molecular flexibility index (Phi) is 5.94. The number of nitrogens with zero attached hydrogens (tertiary/aromatic N) is 1. The van der Waals surface area contributed by atoms with E-state index >= 15 is 0 Å². The standard InChI is InChI=1S/C54H41NO/c1-53(2)44-21-13-11-19-40(44)41-29-27-38(31-45(41)53)55(37-25-23-35(24-26-37)34-15-7-5-8-16-34)39-28-30-42-46(32-39)54(3,4)47-33-49-52(43-20-12-14-22-48(43)56-49)50(51(42)47)36-17-9-6-10-18-36/h5-33H,1-4H3/i6D,9D,10D,17D,18D. The van der Waals surface area contributed by atoms with Crippen LogP contribution in [0, 0.1) is 0 Å². The van der Waals surface area contributed by atoms with Crippen molar-refractivity contribution in [3.8, 4) is 44.5 Å². The molecular formula is C54H41NO. The number of furan rings is 1. The van der Waals surface area contributed by atoms with Crippen LogP contribution in [-0.2, 0) is 10.8 Å². The highest BCUT2D eigenvalue weighted by atomic mass is 16.3. The first-order valence-corrected chi connectivity index (χ1v) is 19.3. The Bertz CT molecular complexity index is 3280. The Labute approximate surface area is 335 Å². The third-order valence-corrected chi connectivity index (χ3v) is 12.4. The van der Waals surface area contributed by atoms with E-state index in [-0.39, 0.29) is 35.1 Å². The van der Waals surface area contributed by atoms with Gasteiger partial charge in [0.2, 0.25) is 0 Å². The molecule has 1 aromatic heterocycles. The Morgan fingerprint density at radius 3 is 1.80 bits per heavy atom. The van der Waals surface area contributed by atoms with Crippen LogP contribution >= 0.6 is 0 Å². The first-order chi connectivity index (χ1) is 29.4. The second-order valence-electron chi connectivity index (χ2n) is 16.1. The fourth-order valence-electron chi connectivity index (χ4n) is 9.55. The highest BCUT2D eigenvalue weighted by Gasteiger charge is 2.40. The molecule has 9 aromatic rings. The Hall–Kier alpha value is -6.64. The minimum atomic E-state index is -0.555. The van der Waals surface area contributed by atoms with Gasteiger partial charge in [0, 0.05) is 44.2 Å². The number of fused-ring (bicyclic) bond motifs is 9. The van der Waals surface area contributed by atoms with Crippen molar-refractivity contribution in [2.45, 2.75) is 38.5 Å². The monoisotopic (exact) mass is 724 g/mol. The molecular weight excluding hydrogens is 679 g/mol. The molecule has 0 saturated heterocycles. The first kappa shape index (κ1) is 27.9. The van der Waals surface area contributed by atoms with Gasteiger partial charge in [-0.25, -0.2) is 0 Å². The summed E-state index contributed by atoms with van der Waals surface area (Å²) in [5, 5.41) is 1.57. The van der Waals surface area contributed by atoms with Gasteiger partial charge in [-0.2, -0.15) is 0 Å². The molecule has 0 saturated carbocycles. The molecule has 0 radical (unpaired) electrons. The quantitative estimate of drug-likeness (QED) is 0.176. The van der Waals surface area contributed by atoms with Crippen molar-refractivity contribution in [2.24, 2.45) is 0 Å². The SMILES string of the molecule is [2H]c1c([2H])c([2H])c(-c2c3c(cc4oc5ccccc5c24)C(C)(C)c2cc(N(c4ccc(-c5ccccc5)cc4)c4ccc5c(c4)C(C)(C)c4ccccc4-5)ccc2-3)c([2H])c1[2H]. The van der Waals surface area contributed by atoms with Crippen molar-refractivity contribution >= 4 is 39.0 Å². The summed E-state index contributed by atoms with van der Waals surface area (Å²) in [6.07, 6.45) is 0. The molecule has 0 fully saturated rings. The highest BCUT2D eigenvalue weighted by Crippen LogP contribution is 2.57. The van der Waals surface area contributed by atoms with E-state index in [1.165, 1.54) is 22.3 Å². The Balaban J connectivity index is 1.15. The molecule has 0 bridgehead atoms. The lowest BCUT2D eigenvalue weighted by molar-refractivity contribution is 0.647. The van der Waals surface area contributed by atoms with Crippen LogP contribution in [-0.4, -0.2) is 0 Å². The molecule has 2 aliphatic rings. The van der Waals surface area contributed by atoms with E-state index in [9.17, 15) is 2.74 Å². The summed E-state index contributed by atoms with van der Waals surface area (Å²) < 4.78 is 50.8. The van der Waals surface area contributed by atoms with Gasteiger partial charge < -0.3 is 9.32 Å². The molecule has 0 unspecified atom stereocenters. The average molecular weight is 725 g/mol. The Morgan fingerprint density at radius 2 is 1.04 bits per heavy atom. The maximum absolute atomic E-state index is 9.22. The van der Waals surface area contributed by atoms with Gasteiger partial charge in [0.15, 0.2) is 0 Å². The van der Waals surface area contributed by atoms with E-state index in [1.54, 1.807) is 0 Å². The number of hydrogen-bond donors (Lipinski definition) is 0. The fourth-order valence-corrected chi connectivity index (χ4v) is 9.55. The smallest absolute Gasteiger partial charge is 0.136 e. The van der Waals surface area contributed by atoms with Crippen LogP contribution in [0.2, 0.25) is 0 Å². The van der Waals surface area contributed by atoms with Gasteiger partial charge in [-0.1, -0.05) is 155 Å². The second-order valence-corrected chi connectivity index (χ2v) is 16.1. The number of benzene rings is 8. The summed E-state index contributed by atoms with van der Waals surface area (Å²) in [6, 6.07) is 49.6. The molecule has 2 nitrogen and oxygen atoms in total. The summed E-state index contributed by atoms with van der Waals surface area (Å²) >= 11 is 0. The zero-order valence-electron chi connectivity index (χ0n) is 36.7. The van der Waals surface area contributed by atoms with Crippen molar-refractivity contribution in [1.82, 2.24) is 0 Å². The van der Waals surface area contributed by atoms with Crippen LogP contribution < -0.4 is 4.90 Å². The van der Waals surface area contributed by atoms with Crippen molar-refractivity contribution in [3.05, 3.63) is 198 Å². The zero-order valence-corrected chi connectivity index (χ0v) is 31.7. The molecule has 0 aliphatic heterocycles. The minimum Gasteiger partial charge on any atom is -0.456 e. The van der Waals surface area contributed by atoms with Crippen molar-refractivity contribution < 1.29 is 11.3 Å². The van der Waals surface area contributed by atoms with Gasteiger partial charge in [-0.05, 0) is 110 Å². The molecule has 0 N–H and O–H groups in total. The third kappa shape index (κ3) is 4.69. The second kappa shape index (κ2) is 11.9. The lowest BCUT2D eigenvalue weighted by Crippen LogP contribution is -2.18. The molecule has 11 rings (SSSR count). The van der Waals surface area contributed by atoms with Crippen LogP contribution in [0.15, 0.2) is 180 Å². The topological polar surface area (TPSA) is 16.4 Å². The summed E-state index contributed by atoms with van der Waals surface area (Å²) in [5.41, 5.74) is 15.7. The fraction of sp³-hybridized carbons (Fsp3) is 0.111.